The van der Waals surface area contributed by atoms with Crippen molar-refractivity contribution in [1.29, 1.82) is 0 Å². The molecule has 0 aliphatic heterocycles. The van der Waals surface area contributed by atoms with E-state index in [9.17, 15) is 19.0 Å². The highest BCUT2D eigenvalue weighted by molar-refractivity contribution is 5.20. The Morgan fingerprint density at radius 1 is 1.18 bits per heavy atom. The largest absolute Gasteiger partial charge is 0.390 e. The first-order valence-electron chi connectivity index (χ1n) is 5.52. The van der Waals surface area contributed by atoms with Gasteiger partial charge in [0.15, 0.2) is 11.6 Å². The Balaban J connectivity index is 2.81. The molecule has 0 amide bonds. The summed E-state index contributed by atoms with van der Waals surface area (Å²) in [7, 11) is 0. The molecular formula is C13H18F2O2. The van der Waals surface area contributed by atoms with Gasteiger partial charge in [0.2, 0.25) is 0 Å². The Bertz CT molecular complexity index is 385. The molecule has 0 saturated carbocycles. The van der Waals surface area contributed by atoms with E-state index in [1.807, 2.05) is 0 Å². The molecule has 1 aromatic rings. The lowest BCUT2D eigenvalue weighted by atomic mass is 9.84. The average Bonchev–Trinajstić information content (AvgIpc) is 2.22. The van der Waals surface area contributed by atoms with Crippen LogP contribution in [0.5, 0.6) is 0 Å². The molecule has 0 bridgehead atoms. The van der Waals surface area contributed by atoms with Crippen molar-refractivity contribution in [1.82, 2.24) is 0 Å². The third-order valence-corrected chi connectivity index (χ3v) is 2.71. The molecule has 0 spiro atoms. The molecule has 1 aromatic carbocycles. The summed E-state index contributed by atoms with van der Waals surface area (Å²) in [6.07, 6.45) is -2.22. The van der Waals surface area contributed by atoms with E-state index in [2.05, 4.69) is 0 Å². The topological polar surface area (TPSA) is 40.5 Å². The molecule has 4 heteroatoms. The van der Waals surface area contributed by atoms with Gasteiger partial charge in [-0.1, -0.05) is 32.9 Å². The maximum atomic E-state index is 13.4. The molecule has 1 rings (SSSR count). The molecule has 17 heavy (non-hydrogen) atoms. The Morgan fingerprint density at radius 2 is 1.76 bits per heavy atom. The standard InChI is InChI=1S/C13H18F2O2/c1-13(2,3)12(17)10(16)7-8-5-4-6-9(14)11(8)15/h4-6,10,12,16-17H,7H2,1-3H3. The van der Waals surface area contributed by atoms with Crippen molar-refractivity contribution in [2.45, 2.75) is 39.4 Å². The molecule has 2 nitrogen and oxygen atoms in total. The predicted molar refractivity (Wildman–Crippen MR) is 61.5 cm³/mol. The third kappa shape index (κ3) is 3.48. The number of rotatable bonds is 3. The summed E-state index contributed by atoms with van der Waals surface area (Å²) in [6, 6.07) is 3.80. The summed E-state index contributed by atoms with van der Waals surface area (Å²) >= 11 is 0. The van der Waals surface area contributed by atoms with E-state index in [0.29, 0.717) is 0 Å². The Hall–Kier alpha value is -1.00. The van der Waals surface area contributed by atoms with Crippen LogP contribution in [0.25, 0.3) is 0 Å². The Kier molecular flexibility index (Phi) is 4.22. The lowest BCUT2D eigenvalue weighted by Crippen LogP contribution is -2.39. The quantitative estimate of drug-likeness (QED) is 0.856. The molecule has 0 aliphatic rings. The fourth-order valence-corrected chi connectivity index (χ4v) is 1.62. The van der Waals surface area contributed by atoms with Crippen LogP contribution >= 0.6 is 0 Å². The summed E-state index contributed by atoms with van der Waals surface area (Å²) < 4.78 is 26.3. The first kappa shape index (κ1) is 14.1. The van der Waals surface area contributed by atoms with Crippen LogP contribution in [0.3, 0.4) is 0 Å². The van der Waals surface area contributed by atoms with E-state index in [0.717, 1.165) is 6.07 Å². The fraction of sp³-hybridized carbons (Fsp3) is 0.538. The molecule has 0 saturated heterocycles. The number of aliphatic hydroxyl groups excluding tert-OH is 2. The van der Waals surface area contributed by atoms with Crippen LogP contribution < -0.4 is 0 Å². The highest BCUT2D eigenvalue weighted by Gasteiger charge is 2.29. The zero-order valence-corrected chi connectivity index (χ0v) is 10.2. The third-order valence-electron chi connectivity index (χ3n) is 2.71. The number of benzene rings is 1. The molecule has 0 heterocycles. The second-order valence-corrected chi connectivity index (χ2v) is 5.30. The Morgan fingerprint density at radius 3 is 2.29 bits per heavy atom. The SMILES string of the molecule is CC(C)(C)C(O)C(O)Cc1cccc(F)c1F. The maximum absolute atomic E-state index is 13.4. The summed E-state index contributed by atoms with van der Waals surface area (Å²) in [5.41, 5.74) is -0.441. The van der Waals surface area contributed by atoms with Gasteiger partial charge >= 0.3 is 0 Å². The van der Waals surface area contributed by atoms with E-state index in [4.69, 9.17) is 0 Å². The number of hydrogen-bond acceptors (Lipinski definition) is 2. The van der Waals surface area contributed by atoms with Crippen molar-refractivity contribution in [3.8, 4) is 0 Å². The van der Waals surface area contributed by atoms with Gasteiger partial charge in [-0.25, -0.2) is 8.78 Å². The van der Waals surface area contributed by atoms with Gasteiger partial charge in [-0.3, -0.25) is 0 Å². The molecule has 0 aliphatic carbocycles. The van der Waals surface area contributed by atoms with Crippen molar-refractivity contribution in [2.24, 2.45) is 5.41 Å². The van der Waals surface area contributed by atoms with Crippen molar-refractivity contribution in [2.75, 3.05) is 0 Å². The van der Waals surface area contributed by atoms with Gasteiger partial charge in [0, 0.05) is 6.42 Å². The van der Waals surface area contributed by atoms with Crippen molar-refractivity contribution < 1.29 is 19.0 Å². The molecule has 0 aromatic heterocycles. The zero-order chi connectivity index (χ0) is 13.2. The molecule has 0 fully saturated rings. The zero-order valence-electron chi connectivity index (χ0n) is 10.2. The summed E-state index contributed by atoms with van der Waals surface area (Å²) in [6.45, 7) is 5.30. The number of hydrogen-bond donors (Lipinski definition) is 2. The molecule has 2 atom stereocenters. The van der Waals surface area contributed by atoms with Crippen LogP contribution in [0.1, 0.15) is 26.3 Å². The van der Waals surface area contributed by atoms with Gasteiger partial charge in [-0.15, -0.1) is 0 Å². The van der Waals surface area contributed by atoms with Crippen molar-refractivity contribution in [3.63, 3.8) is 0 Å². The van der Waals surface area contributed by atoms with Crippen molar-refractivity contribution in [3.05, 3.63) is 35.4 Å². The van der Waals surface area contributed by atoms with E-state index >= 15 is 0 Å². The van der Waals surface area contributed by atoms with Gasteiger partial charge < -0.3 is 10.2 Å². The summed E-state index contributed by atoms with van der Waals surface area (Å²) in [5, 5.41) is 19.6. The van der Waals surface area contributed by atoms with Gasteiger partial charge in [-0.2, -0.15) is 0 Å². The summed E-state index contributed by atoms with van der Waals surface area (Å²) in [4.78, 5) is 0. The molecule has 0 radical (unpaired) electrons. The van der Waals surface area contributed by atoms with Gasteiger partial charge in [0.1, 0.15) is 0 Å². The van der Waals surface area contributed by atoms with Gasteiger partial charge in [0.25, 0.3) is 0 Å². The van der Waals surface area contributed by atoms with E-state index in [1.54, 1.807) is 20.8 Å². The summed E-state index contributed by atoms with van der Waals surface area (Å²) in [5.74, 6) is -1.91. The first-order valence-corrected chi connectivity index (χ1v) is 5.52. The van der Waals surface area contributed by atoms with Crippen LogP contribution in [-0.4, -0.2) is 22.4 Å². The number of aliphatic hydroxyl groups is 2. The first-order chi connectivity index (χ1) is 7.73. The number of halogens is 2. The highest BCUT2D eigenvalue weighted by atomic mass is 19.2. The Labute approximate surface area is 99.9 Å². The van der Waals surface area contributed by atoms with Crippen LogP contribution in [0.15, 0.2) is 18.2 Å². The van der Waals surface area contributed by atoms with E-state index in [1.165, 1.54) is 12.1 Å². The van der Waals surface area contributed by atoms with Crippen LogP contribution in [0.2, 0.25) is 0 Å². The van der Waals surface area contributed by atoms with Gasteiger partial charge in [0.05, 0.1) is 12.2 Å². The highest BCUT2D eigenvalue weighted by Crippen LogP contribution is 2.24. The van der Waals surface area contributed by atoms with E-state index < -0.39 is 29.3 Å². The minimum atomic E-state index is -1.12. The van der Waals surface area contributed by atoms with Crippen LogP contribution in [0.4, 0.5) is 8.78 Å². The lowest BCUT2D eigenvalue weighted by molar-refractivity contribution is -0.0437. The fourth-order valence-electron chi connectivity index (χ4n) is 1.62. The molecule has 2 N–H and O–H groups in total. The maximum Gasteiger partial charge on any atom is 0.162 e. The normalized spacial score (nSPS) is 15.7. The second-order valence-electron chi connectivity index (χ2n) is 5.30. The monoisotopic (exact) mass is 244 g/mol. The van der Waals surface area contributed by atoms with Crippen LogP contribution in [0, 0.1) is 17.0 Å². The van der Waals surface area contributed by atoms with Crippen molar-refractivity contribution >= 4 is 0 Å². The van der Waals surface area contributed by atoms with Crippen LogP contribution in [-0.2, 0) is 6.42 Å². The average molecular weight is 244 g/mol. The molecule has 96 valence electrons. The lowest BCUT2D eigenvalue weighted by Gasteiger charge is -2.30. The predicted octanol–water partition coefficient (Wildman–Crippen LogP) is 2.28. The smallest absolute Gasteiger partial charge is 0.162 e. The molecular weight excluding hydrogens is 226 g/mol. The molecule has 2 unspecified atom stereocenters. The van der Waals surface area contributed by atoms with Gasteiger partial charge in [-0.05, 0) is 17.0 Å². The minimum absolute atomic E-state index is 0.0702. The van der Waals surface area contributed by atoms with E-state index in [-0.39, 0.29) is 12.0 Å². The second kappa shape index (κ2) is 5.10. The minimum Gasteiger partial charge on any atom is -0.390 e.